The summed E-state index contributed by atoms with van der Waals surface area (Å²) in [6.07, 6.45) is 11.2. The number of nitrogens with one attached hydrogen (secondary N) is 2. The normalized spacial score (nSPS) is 23.3. The zero-order valence-electron chi connectivity index (χ0n) is 13.1. The molecule has 0 radical (unpaired) electrons. The van der Waals surface area contributed by atoms with Gasteiger partial charge in [-0.25, -0.2) is 0 Å². The molecule has 1 heterocycles. The molecule has 3 fully saturated rings. The summed E-state index contributed by atoms with van der Waals surface area (Å²) in [4.78, 5) is 0. The van der Waals surface area contributed by atoms with Crippen molar-refractivity contribution in [2.75, 3.05) is 13.1 Å². The van der Waals surface area contributed by atoms with E-state index in [1.165, 1.54) is 44.3 Å². The van der Waals surface area contributed by atoms with Crippen LogP contribution in [0.2, 0.25) is 0 Å². The molecule has 0 aromatic heterocycles. The van der Waals surface area contributed by atoms with Crippen LogP contribution in [0.1, 0.15) is 44.6 Å². The second-order valence-electron chi connectivity index (χ2n) is 6.87. The lowest BCUT2D eigenvalue weighted by molar-refractivity contribution is 0.0229. The predicted molar refractivity (Wildman–Crippen MR) is 90.2 cm³/mol. The van der Waals surface area contributed by atoms with Crippen LogP contribution in [0.4, 0.5) is 0 Å². The zero-order valence-corrected chi connectivity index (χ0v) is 13.1. The maximum Gasteiger partial charge on any atom is 0.00821 e. The van der Waals surface area contributed by atoms with E-state index in [-0.39, 0.29) is 0 Å². The van der Waals surface area contributed by atoms with Crippen LogP contribution >= 0.6 is 0 Å². The zero-order chi connectivity index (χ0) is 14.5. The minimum atomic E-state index is 0.757. The first-order chi connectivity index (χ1) is 10.3. The van der Waals surface area contributed by atoms with Gasteiger partial charge in [-0.3, -0.25) is 0 Å². The minimum Gasteiger partial charge on any atom is -0.316 e. The van der Waals surface area contributed by atoms with E-state index in [2.05, 4.69) is 54.0 Å². The van der Waals surface area contributed by atoms with Crippen molar-refractivity contribution < 1.29 is 0 Å². The average Bonchev–Trinajstić information content (AvgIpc) is 3.24. The van der Waals surface area contributed by atoms with E-state index >= 15 is 0 Å². The molecule has 1 saturated heterocycles. The Balaban J connectivity index is 0.000000127. The standard InChI is InChI=1S/C10H12.C9H16N2/c1-2-3-7-10-8-5-4-6-9-10;1-2-7(1)11-8-3-9(4-8)5-10-6-9/h3-9H,2H2,1H3;7-8,10-11H,1-6H2/b7-3-;. The van der Waals surface area contributed by atoms with Crippen molar-refractivity contribution >= 4 is 6.08 Å². The van der Waals surface area contributed by atoms with Crippen molar-refractivity contribution in [3.63, 3.8) is 0 Å². The fraction of sp³-hybridized carbons (Fsp3) is 0.579. The molecule has 0 bridgehead atoms. The summed E-state index contributed by atoms with van der Waals surface area (Å²) in [7, 11) is 0. The second kappa shape index (κ2) is 6.76. The summed E-state index contributed by atoms with van der Waals surface area (Å²) in [6, 6.07) is 12.1. The summed E-state index contributed by atoms with van der Waals surface area (Å²) in [5.74, 6) is 0. The van der Waals surface area contributed by atoms with E-state index in [9.17, 15) is 0 Å². The third-order valence-corrected chi connectivity index (χ3v) is 4.75. The highest BCUT2D eigenvalue weighted by atomic mass is 15.1. The van der Waals surface area contributed by atoms with Crippen molar-refractivity contribution in [2.24, 2.45) is 5.41 Å². The summed E-state index contributed by atoms with van der Waals surface area (Å²) in [5, 5.41) is 7.05. The Bertz CT molecular complexity index is 450. The highest BCUT2D eigenvalue weighted by Crippen LogP contribution is 2.44. The summed E-state index contributed by atoms with van der Waals surface area (Å²) in [5.41, 5.74) is 2.04. The molecular formula is C19H28N2. The van der Waals surface area contributed by atoms with Crippen molar-refractivity contribution in [1.29, 1.82) is 0 Å². The van der Waals surface area contributed by atoms with Gasteiger partial charge < -0.3 is 10.6 Å². The third kappa shape index (κ3) is 4.18. The lowest BCUT2D eigenvalue weighted by Crippen LogP contribution is -2.64. The van der Waals surface area contributed by atoms with Crippen molar-refractivity contribution in [3.05, 3.63) is 42.0 Å². The van der Waals surface area contributed by atoms with Gasteiger partial charge in [0.05, 0.1) is 0 Å². The van der Waals surface area contributed by atoms with E-state index < -0.39 is 0 Å². The Morgan fingerprint density at radius 2 is 1.86 bits per heavy atom. The van der Waals surface area contributed by atoms with E-state index in [1.54, 1.807) is 0 Å². The van der Waals surface area contributed by atoms with Gasteiger partial charge in [-0.1, -0.05) is 49.4 Å². The Morgan fingerprint density at radius 3 is 2.38 bits per heavy atom. The Morgan fingerprint density at radius 1 is 1.14 bits per heavy atom. The van der Waals surface area contributed by atoms with Crippen LogP contribution < -0.4 is 10.6 Å². The lowest BCUT2D eigenvalue weighted by Gasteiger charge is -2.54. The first-order valence-corrected chi connectivity index (χ1v) is 8.48. The number of allylic oxidation sites excluding steroid dienone is 1. The fourth-order valence-corrected chi connectivity index (χ4v) is 3.27. The van der Waals surface area contributed by atoms with Crippen LogP contribution in [0.25, 0.3) is 6.08 Å². The quantitative estimate of drug-likeness (QED) is 0.883. The lowest BCUT2D eigenvalue weighted by atomic mass is 9.61. The summed E-state index contributed by atoms with van der Waals surface area (Å²) >= 11 is 0. The first kappa shape index (κ1) is 14.8. The van der Waals surface area contributed by atoms with Gasteiger partial charge >= 0.3 is 0 Å². The number of hydrogen-bond donors (Lipinski definition) is 2. The highest BCUT2D eigenvalue weighted by molar-refractivity contribution is 5.48. The van der Waals surface area contributed by atoms with Gasteiger partial charge in [0.2, 0.25) is 0 Å². The van der Waals surface area contributed by atoms with E-state index in [0.29, 0.717) is 0 Å². The van der Waals surface area contributed by atoms with Crippen LogP contribution in [-0.2, 0) is 0 Å². The molecule has 2 heteroatoms. The molecule has 114 valence electrons. The van der Waals surface area contributed by atoms with Crippen molar-refractivity contribution in [2.45, 2.75) is 51.1 Å². The fourth-order valence-electron chi connectivity index (χ4n) is 3.27. The molecule has 1 aromatic carbocycles. The first-order valence-electron chi connectivity index (χ1n) is 8.48. The Labute approximate surface area is 129 Å². The van der Waals surface area contributed by atoms with Crippen molar-refractivity contribution in [1.82, 2.24) is 10.6 Å². The van der Waals surface area contributed by atoms with Gasteiger partial charge in [0.25, 0.3) is 0 Å². The van der Waals surface area contributed by atoms with Crippen molar-refractivity contribution in [3.8, 4) is 0 Å². The van der Waals surface area contributed by atoms with Gasteiger partial charge in [-0.05, 0) is 43.1 Å². The van der Waals surface area contributed by atoms with Crippen LogP contribution in [0.15, 0.2) is 36.4 Å². The van der Waals surface area contributed by atoms with Gasteiger partial charge in [0.1, 0.15) is 0 Å². The molecule has 2 N–H and O–H groups in total. The molecule has 4 rings (SSSR count). The molecular weight excluding hydrogens is 256 g/mol. The molecule has 1 aliphatic heterocycles. The molecule has 3 aliphatic rings. The summed E-state index contributed by atoms with van der Waals surface area (Å²) in [6.45, 7) is 4.71. The Hall–Kier alpha value is -1.12. The maximum absolute atomic E-state index is 3.69. The number of rotatable bonds is 4. The molecule has 2 aliphatic carbocycles. The Kier molecular flexibility index (Phi) is 4.77. The topological polar surface area (TPSA) is 24.1 Å². The molecule has 1 spiro atoms. The van der Waals surface area contributed by atoms with Crippen LogP contribution in [0.3, 0.4) is 0 Å². The maximum atomic E-state index is 3.69. The molecule has 0 atom stereocenters. The van der Waals surface area contributed by atoms with Crippen LogP contribution in [0, 0.1) is 5.41 Å². The number of hydrogen-bond acceptors (Lipinski definition) is 2. The molecule has 0 unspecified atom stereocenters. The van der Waals surface area contributed by atoms with E-state index in [0.717, 1.165) is 23.9 Å². The van der Waals surface area contributed by atoms with Gasteiger partial charge in [-0.2, -0.15) is 0 Å². The molecule has 0 amide bonds. The SMILES string of the molecule is C1CC1NC1CC2(CNC2)C1.CC/C=C\c1ccccc1. The highest BCUT2D eigenvalue weighted by Gasteiger charge is 2.49. The monoisotopic (exact) mass is 284 g/mol. The second-order valence-corrected chi connectivity index (χ2v) is 6.87. The van der Waals surface area contributed by atoms with E-state index in [1.807, 2.05) is 6.07 Å². The van der Waals surface area contributed by atoms with Gasteiger partial charge in [0, 0.05) is 25.2 Å². The smallest absolute Gasteiger partial charge is 0.00821 e. The van der Waals surface area contributed by atoms with Gasteiger partial charge in [0.15, 0.2) is 0 Å². The predicted octanol–water partition coefficient (Wildman–Crippen LogP) is 3.60. The average molecular weight is 284 g/mol. The molecule has 21 heavy (non-hydrogen) atoms. The molecule has 1 aromatic rings. The molecule has 2 saturated carbocycles. The van der Waals surface area contributed by atoms with Gasteiger partial charge in [-0.15, -0.1) is 0 Å². The number of benzene rings is 1. The summed E-state index contributed by atoms with van der Waals surface area (Å²) < 4.78 is 0. The van der Waals surface area contributed by atoms with Crippen LogP contribution in [0.5, 0.6) is 0 Å². The van der Waals surface area contributed by atoms with E-state index in [4.69, 9.17) is 0 Å². The molecule has 2 nitrogen and oxygen atoms in total. The minimum absolute atomic E-state index is 0.757. The largest absolute Gasteiger partial charge is 0.316 e. The van der Waals surface area contributed by atoms with Crippen LogP contribution in [-0.4, -0.2) is 25.2 Å². The third-order valence-electron chi connectivity index (χ3n) is 4.75.